The number of hydrogen-bond donors (Lipinski definition) is 1. The summed E-state index contributed by atoms with van der Waals surface area (Å²) in [5, 5.41) is 0. The van der Waals surface area contributed by atoms with Crippen molar-refractivity contribution in [2.45, 2.75) is 59.4 Å². The van der Waals surface area contributed by atoms with Crippen LogP contribution in [0.4, 0.5) is 5.82 Å². The Bertz CT molecular complexity index is 838. The van der Waals surface area contributed by atoms with Gasteiger partial charge in [0, 0.05) is 30.2 Å². The zero-order chi connectivity index (χ0) is 18.1. The highest BCUT2D eigenvalue weighted by molar-refractivity contribution is 7.90. The Hall–Kier alpha value is -1.63. The van der Waals surface area contributed by atoms with Gasteiger partial charge in [-0.3, -0.25) is 0 Å². The second kappa shape index (κ2) is 7.09. The van der Waals surface area contributed by atoms with Crippen molar-refractivity contribution in [2.75, 3.05) is 17.7 Å². The van der Waals surface area contributed by atoms with Gasteiger partial charge in [0.25, 0.3) is 0 Å². The molecule has 134 valence electrons. The molecule has 0 aliphatic heterocycles. The molecule has 0 atom stereocenters. The van der Waals surface area contributed by atoms with Gasteiger partial charge in [-0.2, -0.15) is 0 Å². The van der Waals surface area contributed by atoms with Crippen LogP contribution < -0.4 is 5.73 Å². The van der Waals surface area contributed by atoms with E-state index in [1.165, 1.54) is 6.26 Å². The number of aryl methyl sites for hydroxylation is 3. The van der Waals surface area contributed by atoms with Gasteiger partial charge in [-0.15, -0.1) is 0 Å². The minimum absolute atomic E-state index is 0.254. The summed E-state index contributed by atoms with van der Waals surface area (Å²) in [7, 11) is -2.88. The average molecular weight is 353 g/mol. The maximum Gasteiger partial charge on any atom is 0.151 e. The fraction of sp³-hybridized carbons (Fsp3) is 0.647. The van der Waals surface area contributed by atoms with Crippen molar-refractivity contribution in [1.82, 2.24) is 14.5 Å². The van der Waals surface area contributed by atoms with E-state index in [0.29, 0.717) is 12.2 Å². The van der Waals surface area contributed by atoms with Crippen LogP contribution >= 0.6 is 0 Å². The largest absolute Gasteiger partial charge is 0.382 e. The lowest BCUT2D eigenvalue weighted by molar-refractivity contribution is 0.567. The second-order valence-corrected chi connectivity index (χ2v) is 9.13. The van der Waals surface area contributed by atoms with Crippen LogP contribution in [0.5, 0.6) is 0 Å². The van der Waals surface area contributed by atoms with Crippen molar-refractivity contribution in [3.63, 3.8) is 0 Å². The molecule has 0 bridgehead atoms. The molecule has 0 radical (unpaired) electrons. The summed E-state index contributed by atoms with van der Waals surface area (Å²) in [5.74, 6) is 2.03. The Morgan fingerprint density at radius 3 is 2.38 bits per heavy atom. The summed E-state index contributed by atoms with van der Waals surface area (Å²) < 4.78 is 24.7. The molecule has 0 spiro atoms. The Balaban J connectivity index is 2.29. The van der Waals surface area contributed by atoms with Gasteiger partial charge in [-0.05, 0) is 32.3 Å². The molecule has 2 aromatic rings. The van der Waals surface area contributed by atoms with Crippen LogP contribution in [0, 0.1) is 13.8 Å². The number of aromatic nitrogens is 3. The third-order valence-electron chi connectivity index (χ3n) is 4.34. The van der Waals surface area contributed by atoms with Gasteiger partial charge in [-0.25, -0.2) is 18.4 Å². The van der Waals surface area contributed by atoms with Crippen molar-refractivity contribution < 1.29 is 8.42 Å². The van der Waals surface area contributed by atoms with E-state index in [0.717, 1.165) is 47.5 Å². The van der Waals surface area contributed by atoms with Crippen LogP contribution in [0.25, 0.3) is 11.0 Å². The quantitative estimate of drug-likeness (QED) is 0.774. The number of anilines is 1. The molecule has 2 aromatic heterocycles. The molecule has 0 aliphatic rings. The molecule has 0 fully saturated rings. The van der Waals surface area contributed by atoms with Crippen LogP contribution in [0.2, 0.25) is 0 Å². The molecule has 24 heavy (non-hydrogen) atoms. The van der Waals surface area contributed by atoms with Gasteiger partial charge in [0.1, 0.15) is 21.2 Å². The number of pyridine rings is 1. The minimum atomic E-state index is -2.88. The SMILES string of the molecule is Cc1nc(N)c2nc(C(C)C)n(CCCCCS(C)(=O)=O)c2c1C. The highest BCUT2D eigenvalue weighted by Gasteiger charge is 2.19. The third kappa shape index (κ3) is 4.06. The first kappa shape index (κ1) is 18.7. The molecule has 0 saturated heterocycles. The monoisotopic (exact) mass is 352 g/mol. The molecular weight excluding hydrogens is 324 g/mol. The molecule has 0 aliphatic carbocycles. The zero-order valence-corrected chi connectivity index (χ0v) is 16.1. The molecule has 2 N–H and O–H groups in total. The summed E-state index contributed by atoms with van der Waals surface area (Å²) in [6.07, 6.45) is 3.78. The smallest absolute Gasteiger partial charge is 0.151 e. The van der Waals surface area contributed by atoms with Crippen LogP contribution in [-0.2, 0) is 16.4 Å². The third-order valence-corrected chi connectivity index (χ3v) is 5.37. The van der Waals surface area contributed by atoms with Crippen molar-refractivity contribution in [3.8, 4) is 0 Å². The maximum absolute atomic E-state index is 11.2. The normalized spacial score (nSPS) is 12.4. The van der Waals surface area contributed by atoms with Gasteiger partial charge in [0.05, 0.1) is 5.52 Å². The first-order valence-corrected chi connectivity index (χ1v) is 10.5. The van der Waals surface area contributed by atoms with Gasteiger partial charge in [0.15, 0.2) is 5.82 Å². The fourth-order valence-corrected chi connectivity index (χ4v) is 3.72. The lowest BCUT2D eigenvalue weighted by Gasteiger charge is -2.13. The molecule has 2 rings (SSSR count). The predicted molar refractivity (Wildman–Crippen MR) is 99.1 cm³/mol. The lowest BCUT2D eigenvalue weighted by Crippen LogP contribution is -2.08. The van der Waals surface area contributed by atoms with Crippen molar-refractivity contribution in [3.05, 3.63) is 17.1 Å². The van der Waals surface area contributed by atoms with Crippen molar-refractivity contribution in [2.24, 2.45) is 0 Å². The summed E-state index contributed by atoms with van der Waals surface area (Å²) in [6.45, 7) is 9.07. The number of hydrogen-bond acceptors (Lipinski definition) is 5. The summed E-state index contributed by atoms with van der Waals surface area (Å²) in [4.78, 5) is 9.12. The number of unbranched alkanes of at least 4 members (excludes halogenated alkanes) is 2. The maximum atomic E-state index is 11.2. The number of rotatable bonds is 7. The summed E-state index contributed by atoms with van der Waals surface area (Å²) >= 11 is 0. The fourth-order valence-electron chi connectivity index (χ4n) is 3.00. The van der Waals surface area contributed by atoms with Gasteiger partial charge < -0.3 is 10.3 Å². The number of sulfone groups is 1. The Labute approximate surface area is 144 Å². The highest BCUT2D eigenvalue weighted by atomic mass is 32.2. The Kier molecular flexibility index (Phi) is 5.52. The lowest BCUT2D eigenvalue weighted by atomic mass is 10.1. The first-order chi connectivity index (χ1) is 11.1. The van der Waals surface area contributed by atoms with Gasteiger partial charge in [-0.1, -0.05) is 20.3 Å². The molecule has 0 saturated carbocycles. The van der Waals surface area contributed by atoms with Crippen LogP contribution in [0.15, 0.2) is 0 Å². The van der Waals surface area contributed by atoms with E-state index in [2.05, 4.69) is 30.3 Å². The highest BCUT2D eigenvalue weighted by Crippen LogP contribution is 2.29. The predicted octanol–water partition coefficient (Wildman–Crippen LogP) is 2.97. The number of nitrogens with two attached hydrogens (primary N) is 1. The van der Waals surface area contributed by atoms with Gasteiger partial charge >= 0.3 is 0 Å². The standard InChI is InChI=1S/C17H28N4O2S/c1-11(2)17-20-14-15(12(3)13(4)19-16(14)18)21(17)9-7-6-8-10-24(5,22)23/h11H,6-10H2,1-5H3,(H2,18,19). The van der Waals surface area contributed by atoms with E-state index in [9.17, 15) is 8.42 Å². The first-order valence-electron chi connectivity index (χ1n) is 8.42. The van der Waals surface area contributed by atoms with Crippen LogP contribution in [-0.4, -0.2) is 35.0 Å². The van der Waals surface area contributed by atoms with Crippen molar-refractivity contribution >= 4 is 26.7 Å². The number of fused-ring (bicyclic) bond motifs is 1. The van der Waals surface area contributed by atoms with Gasteiger partial charge in [0.2, 0.25) is 0 Å². The average Bonchev–Trinajstić information content (AvgIpc) is 2.84. The number of nitrogens with zero attached hydrogens (tertiary/aromatic N) is 3. The summed E-state index contributed by atoms with van der Waals surface area (Å²) in [6, 6.07) is 0. The Morgan fingerprint density at radius 1 is 1.12 bits per heavy atom. The van der Waals surface area contributed by atoms with Crippen LogP contribution in [0.3, 0.4) is 0 Å². The number of nitrogen functional groups attached to an aromatic ring is 1. The van der Waals surface area contributed by atoms with Crippen LogP contribution in [0.1, 0.15) is 56.1 Å². The molecule has 0 unspecified atom stereocenters. The van der Waals surface area contributed by atoms with E-state index in [-0.39, 0.29) is 11.7 Å². The Morgan fingerprint density at radius 2 is 1.79 bits per heavy atom. The molecule has 2 heterocycles. The topological polar surface area (TPSA) is 90.9 Å². The molecule has 0 aromatic carbocycles. The van der Waals surface area contributed by atoms with E-state index in [1.54, 1.807) is 0 Å². The van der Waals surface area contributed by atoms with E-state index < -0.39 is 9.84 Å². The van der Waals surface area contributed by atoms with E-state index >= 15 is 0 Å². The molecule has 6 nitrogen and oxygen atoms in total. The van der Waals surface area contributed by atoms with E-state index in [4.69, 9.17) is 10.7 Å². The molecule has 0 amide bonds. The second-order valence-electron chi connectivity index (χ2n) is 6.87. The molecule has 7 heteroatoms. The van der Waals surface area contributed by atoms with Crippen molar-refractivity contribution in [1.29, 1.82) is 0 Å². The van der Waals surface area contributed by atoms with E-state index in [1.807, 2.05) is 6.92 Å². The summed E-state index contributed by atoms with van der Waals surface area (Å²) in [5.41, 5.74) is 9.95. The minimum Gasteiger partial charge on any atom is -0.382 e. The zero-order valence-electron chi connectivity index (χ0n) is 15.3. The molecular formula is C17H28N4O2S. The number of imidazole rings is 1.